The van der Waals surface area contributed by atoms with Crippen LogP contribution in [-0.4, -0.2) is 58.3 Å². The maximum Gasteiger partial charge on any atom is 0.251 e. The molecule has 1 fully saturated rings. The summed E-state index contributed by atoms with van der Waals surface area (Å²) < 4.78 is 13.3. The smallest absolute Gasteiger partial charge is 0.251 e. The van der Waals surface area contributed by atoms with Crippen molar-refractivity contribution in [2.75, 3.05) is 32.8 Å². The second-order valence-corrected chi connectivity index (χ2v) is 8.91. The highest BCUT2D eigenvalue weighted by Crippen LogP contribution is 2.29. The predicted molar refractivity (Wildman–Crippen MR) is 127 cm³/mol. The topological polar surface area (TPSA) is 81.5 Å². The SMILES string of the molecule is Cc1cnc2ccc(=O)n(CCN3CCC(NCc4cc5c(cn4)OCCCO5)CC3)c2c1. The number of pyridine rings is 3. The molecule has 0 amide bonds. The van der Waals surface area contributed by atoms with Gasteiger partial charge in [0.25, 0.3) is 5.56 Å². The second-order valence-electron chi connectivity index (χ2n) is 8.91. The van der Waals surface area contributed by atoms with E-state index in [0.29, 0.717) is 25.8 Å². The fraction of sp³-hybridized carbons (Fsp3) is 0.480. The molecule has 0 bridgehead atoms. The molecule has 5 rings (SSSR count). The number of fused-ring (bicyclic) bond motifs is 2. The molecule has 8 nitrogen and oxygen atoms in total. The lowest BCUT2D eigenvalue weighted by Crippen LogP contribution is -2.43. The Kier molecular flexibility index (Phi) is 6.55. The molecule has 1 N–H and O–H groups in total. The fourth-order valence-electron chi connectivity index (χ4n) is 4.56. The zero-order chi connectivity index (χ0) is 22.6. The normalized spacial score (nSPS) is 17.2. The van der Waals surface area contributed by atoms with Gasteiger partial charge in [-0.1, -0.05) is 0 Å². The maximum atomic E-state index is 12.5. The van der Waals surface area contributed by atoms with Gasteiger partial charge in [0.1, 0.15) is 0 Å². The molecule has 0 radical (unpaired) electrons. The summed E-state index contributed by atoms with van der Waals surface area (Å²) in [5, 5.41) is 3.65. The number of hydrogen-bond acceptors (Lipinski definition) is 7. The van der Waals surface area contributed by atoms with Crippen LogP contribution in [0.5, 0.6) is 11.5 Å². The first-order valence-corrected chi connectivity index (χ1v) is 11.8. The minimum atomic E-state index is 0.0362. The van der Waals surface area contributed by atoms with Gasteiger partial charge >= 0.3 is 0 Å². The standard InChI is InChI=1S/C25H31N5O3/c1-18-13-22-21(28-15-18)3-4-25(31)30(22)10-9-29-7-5-19(6-8-29)26-16-20-14-23-24(17-27-20)33-12-2-11-32-23/h3-4,13-15,17,19,26H,2,5-12,16H2,1H3. The highest BCUT2D eigenvalue weighted by molar-refractivity contribution is 5.74. The summed E-state index contributed by atoms with van der Waals surface area (Å²) in [4.78, 5) is 23.9. The summed E-state index contributed by atoms with van der Waals surface area (Å²) in [6.45, 7) is 7.67. The monoisotopic (exact) mass is 449 g/mol. The molecular formula is C25H31N5O3. The first kappa shape index (κ1) is 21.9. The van der Waals surface area contributed by atoms with Crippen LogP contribution >= 0.6 is 0 Å². The van der Waals surface area contributed by atoms with Crippen molar-refractivity contribution in [3.8, 4) is 11.5 Å². The van der Waals surface area contributed by atoms with Crippen molar-refractivity contribution in [3.63, 3.8) is 0 Å². The van der Waals surface area contributed by atoms with E-state index in [0.717, 1.165) is 79.2 Å². The van der Waals surface area contributed by atoms with Gasteiger partial charge in [-0.25, -0.2) is 0 Å². The predicted octanol–water partition coefficient (Wildman–Crippen LogP) is 2.52. The Morgan fingerprint density at radius 2 is 1.85 bits per heavy atom. The molecule has 0 atom stereocenters. The van der Waals surface area contributed by atoms with Crippen LogP contribution in [0.4, 0.5) is 0 Å². The third kappa shape index (κ3) is 5.17. The molecule has 174 valence electrons. The molecule has 0 aliphatic carbocycles. The number of aromatic nitrogens is 3. The Hall–Kier alpha value is -2.97. The molecule has 33 heavy (non-hydrogen) atoms. The number of hydrogen-bond donors (Lipinski definition) is 1. The minimum absolute atomic E-state index is 0.0362. The highest BCUT2D eigenvalue weighted by Gasteiger charge is 2.20. The van der Waals surface area contributed by atoms with Gasteiger partial charge in [0.15, 0.2) is 11.5 Å². The molecule has 0 spiro atoms. The molecule has 0 unspecified atom stereocenters. The van der Waals surface area contributed by atoms with E-state index in [1.807, 2.05) is 35.9 Å². The van der Waals surface area contributed by atoms with Crippen molar-refractivity contribution >= 4 is 11.0 Å². The van der Waals surface area contributed by atoms with E-state index < -0.39 is 0 Å². The molecule has 3 aromatic heterocycles. The van der Waals surface area contributed by atoms with Crippen LogP contribution in [0.25, 0.3) is 11.0 Å². The Labute approximate surface area is 193 Å². The van der Waals surface area contributed by atoms with Crippen molar-refractivity contribution in [1.82, 2.24) is 24.8 Å². The van der Waals surface area contributed by atoms with Crippen LogP contribution in [0, 0.1) is 6.92 Å². The molecule has 0 aromatic carbocycles. The number of aryl methyl sites for hydroxylation is 1. The van der Waals surface area contributed by atoms with Gasteiger partial charge in [0, 0.05) is 50.4 Å². The summed E-state index contributed by atoms with van der Waals surface area (Å²) in [5.41, 5.74) is 3.86. The van der Waals surface area contributed by atoms with Gasteiger partial charge in [0.05, 0.1) is 36.1 Å². The van der Waals surface area contributed by atoms with Crippen molar-refractivity contribution in [3.05, 3.63) is 58.3 Å². The number of nitrogens with one attached hydrogen (secondary N) is 1. The summed E-state index contributed by atoms with van der Waals surface area (Å²) in [6.07, 6.45) is 6.67. The van der Waals surface area contributed by atoms with Crippen molar-refractivity contribution in [1.29, 1.82) is 0 Å². The van der Waals surface area contributed by atoms with Crippen molar-refractivity contribution in [2.24, 2.45) is 0 Å². The van der Waals surface area contributed by atoms with Crippen molar-refractivity contribution in [2.45, 2.75) is 45.3 Å². The molecule has 8 heteroatoms. The van der Waals surface area contributed by atoms with E-state index in [9.17, 15) is 4.79 Å². The maximum absolute atomic E-state index is 12.5. The Balaban J connectivity index is 1.12. The summed E-state index contributed by atoms with van der Waals surface area (Å²) in [7, 11) is 0. The Morgan fingerprint density at radius 3 is 2.70 bits per heavy atom. The molecule has 5 heterocycles. The number of ether oxygens (including phenoxy) is 2. The molecular weight excluding hydrogens is 418 g/mol. The van der Waals surface area contributed by atoms with Crippen molar-refractivity contribution < 1.29 is 9.47 Å². The second kappa shape index (κ2) is 9.89. The summed E-state index contributed by atoms with van der Waals surface area (Å²) in [5.74, 6) is 1.53. The Morgan fingerprint density at radius 1 is 1.03 bits per heavy atom. The average Bonchev–Trinajstić information content (AvgIpc) is 3.08. The first-order valence-electron chi connectivity index (χ1n) is 11.8. The lowest BCUT2D eigenvalue weighted by Gasteiger charge is -2.32. The van der Waals surface area contributed by atoms with Crippen LogP contribution in [-0.2, 0) is 13.1 Å². The van der Waals surface area contributed by atoms with Gasteiger partial charge in [-0.15, -0.1) is 0 Å². The van der Waals surface area contributed by atoms with Gasteiger partial charge in [-0.3, -0.25) is 14.8 Å². The van der Waals surface area contributed by atoms with Crippen LogP contribution in [0.1, 0.15) is 30.5 Å². The molecule has 0 saturated carbocycles. The lowest BCUT2D eigenvalue weighted by molar-refractivity contribution is 0.191. The quantitative estimate of drug-likeness (QED) is 0.619. The number of rotatable bonds is 6. The third-order valence-electron chi connectivity index (χ3n) is 6.47. The van der Waals surface area contributed by atoms with E-state index in [4.69, 9.17) is 9.47 Å². The number of piperidine rings is 1. The van der Waals surface area contributed by atoms with E-state index in [1.165, 1.54) is 0 Å². The van der Waals surface area contributed by atoms with Crippen LogP contribution in [0.15, 0.2) is 41.5 Å². The molecule has 1 saturated heterocycles. The zero-order valence-electron chi connectivity index (χ0n) is 19.1. The highest BCUT2D eigenvalue weighted by atomic mass is 16.5. The lowest BCUT2D eigenvalue weighted by atomic mass is 10.0. The van der Waals surface area contributed by atoms with Gasteiger partial charge < -0.3 is 24.3 Å². The van der Waals surface area contributed by atoms with Crippen LogP contribution in [0.2, 0.25) is 0 Å². The summed E-state index contributed by atoms with van der Waals surface area (Å²) in [6, 6.07) is 7.93. The van der Waals surface area contributed by atoms with Gasteiger partial charge in [0.2, 0.25) is 0 Å². The summed E-state index contributed by atoms with van der Waals surface area (Å²) >= 11 is 0. The van der Waals surface area contributed by atoms with Crippen LogP contribution in [0.3, 0.4) is 0 Å². The zero-order valence-corrected chi connectivity index (χ0v) is 19.1. The van der Waals surface area contributed by atoms with E-state index in [1.54, 1.807) is 12.3 Å². The largest absolute Gasteiger partial charge is 0.489 e. The van der Waals surface area contributed by atoms with Gasteiger partial charge in [-0.05, 0) is 50.6 Å². The molecule has 2 aliphatic rings. The number of likely N-dealkylation sites (tertiary alicyclic amines) is 1. The van der Waals surface area contributed by atoms with E-state index in [-0.39, 0.29) is 5.56 Å². The average molecular weight is 450 g/mol. The third-order valence-corrected chi connectivity index (χ3v) is 6.47. The Bertz CT molecular complexity index is 1170. The minimum Gasteiger partial charge on any atom is -0.489 e. The number of nitrogens with zero attached hydrogens (tertiary/aromatic N) is 4. The fourth-order valence-corrected chi connectivity index (χ4v) is 4.56. The molecule has 2 aliphatic heterocycles. The van der Waals surface area contributed by atoms with E-state index >= 15 is 0 Å². The molecule has 3 aromatic rings. The van der Waals surface area contributed by atoms with Gasteiger partial charge in [-0.2, -0.15) is 0 Å². The first-order chi connectivity index (χ1) is 16.2. The van der Waals surface area contributed by atoms with Crippen LogP contribution < -0.4 is 20.3 Å². The van der Waals surface area contributed by atoms with E-state index in [2.05, 4.69) is 20.2 Å².